The summed E-state index contributed by atoms with van der Waals surface area (Å²) in [6.45, 7) is 0.299. The molecule has 0 saturated heterocycles. The molecule has 0 fully saturated rings. The Morgan fingerprint density at radius 2 is 1.62 bits per heavy atom. The zero-order valence-electron chi connectivity index (χ0n) is 11.1. The van der Waals surface area contributed by atoms with Crippen LogP contribution in [0.15, 0.2) is 30.3 Å². The first kappa shape index (κ1) is 16.6. The normalized spacial score (nSPS) is 10.5. The molecule has 0 bridgehead atoms. The monoisotopic (exact) mass is 364 g/mol. The third kappa shape index (κ3) is 4.10. The van der Waals surface area contributed by atoms with E-state index in [1.807, 2.05) is 6.07 Å². The smallest absolute Gasteiger partial charge is 0.180 e. The Morgan fingerprint density at radius 1 is 0.905 bits per heavy atom. The van der Waals surface area contributed by atoms with Gasteiger partial charge in [0.15, 0.2) is 11.5 Å². The molecule has 0 radical (unpaired) electrons. The van der Waals surface area contributed by atoms with E-state index >= 15 is 0 Å². The molecule has 0 unspecified atom stereocenters. The summed E-state index contributed by atoms with van der Waals surface area (Å²) < 4.78 is 11.0. The fourth-order valence-electron chi connectivity index (χ4n) is 1.78. The first-order chi connectivity index (χ1) is 10.0. The van der Waals surface area contributed by atoms with Gasteiger partial charge in [-0.1, -0.05) is 40.9 Å². The number of ether oxygens (including phenoxy) is 2. The van der Waals surface area contributed by atoms with Gasteiger partial charge in [0.1, 0.15) is 6.61 Å². The van der Waals surface area contributed by atoms with Crippen molar-refractivity contribution in [1.82, 2.24) is 0 Å². The highest BCUT2D eigenvalue weighted by atomic mass is 35.5. The summed E-state index contributed by atoms with van der Waals surface area (Å²) in [5.74, 6) is 1.36. The van der Waals surface area contributed by atoms with E-state index in [0.717, 1.165) is 11.1 Å². The summed E-state index contributed by atoms with van der Waals surface area (Å²) in [4.78, 5) is 0. The first-order valence-electron chi connectivity index (χ1n) is 6.04. The fourth-order valence-corrected chi connectivity index (χ4v) is 2.54. The molecular weight excluding hydrogens is 354 g/mol. The molecule has 2 aromatic carbocycles. The van der Waals surface area contributed by atoms with Gasteiger partial charge in [0, 0.05) is 5.88 Å². The van der Waals surface area contributed by atoms with Crippen LogP contribution in [0, 0.1) is 0 Å². The average Bonchev–Trinajstić information content (AvgIpc) is 2.48. The average molecular weight is 366 g/mol. The second kappa shape index (κ2) is 7.46. The van der Waals surface area contributed by atoms with Crippen molar-refractivity contribution in [1.29, 1.82) is 0 Å². The van der Waals surface area contributed by atoms with Gasteiger partial charge in [0.2, 0.25) is 0 Å². The number of halogens is 4. The maximum Gasteiger partial charge on any atom is 0.180 e. The van der Waals surface area contributed by atoms with Crippen molar-refractivity contribution in [3.05, 3.63) is 56.5 Å². The van der Waals surface area contributed by atoms with Crippen molar-refractivity contribution < 1.29 is 9.47 Å². The number of rotatable bonds is 5. The van der Waals surface area contributed by atoms with Crippen molar-refractivity contribution in [2.75, 3.05) is 7.11 Å². The molecule has 0 aromatic heterocycles. The maximum atomic E-state index is 6.20. The molecule has 0 spiro atoms. The van der Waals surface area contributed by atoms with E-state index in [4.69, 9.17) is 55.9 Å². The van der Waals surface area contributed by atoms with Gasteiger partial charge in [0.25, 0.3) is 0 Å². The van der Waals surface area contributed by atoms with Crippen LogP contribution in [0.1, 0.15) is 11.1 Å². The van der Waals surface area contributed by atoms with Crippen molar-refractivity contribution >= 4 is 46.4 Å². The molecule has 0 saturated carbocycles. The molecule has 0 N–H and O–H groups in total. The van der Waals surface area contributed by atoms with Gasteiger partial charge in [-0.15, -0.1) is 11.6 Å². The maximum absolute atomic E-state index is 6.20. The van der Waals surface area contributed by atoms with Crippen LogP contribution >= 0.6 is 46.4 Å². The summed E-state index contributed by atoms with van der Waals surface area (Å²) in [6.07, 6.45) is 0. The Kier molecular flexibility index (Phi) is 5.88. The largest absolute Gasteiger partial charge is 0.493 e. The predicted octanol–water partition coefficient (Wildman–Crippen LogP) is 5.97. The van der Waals surface area contributed by atoms with Crippen LogP contribution in [-0.4, -0.2) is 7.11 Å². The summed E-state index contributed by atoms with van der Waals surface area (Å²) in [5.41, 5.74) is 1.74. The second-order valence-electron chi connectivity index (χ2n) is 4.28. The Balaban J connectivity index is 2.21. The molecule has 6 heteroatoms. The minimum absolute atomic E-state index is 0.299. The van der Waals surface area contributed by atoms with Crippen LogP contribution in [0.5, 0.6) is 11.5 Å². The first-order valence-corrected chi connectivity index (χ1v) is 7.71. The van der Waals surface area contributed by atoms with E-state index in [1.165, 1.54) is 0 Å². The van der Waals surface area contributed by atoms with Gasteiger partial charge in [0.05, 0.1) is 22.2 Å². The van der Waals surface area contributed by atoms with Gasteiger partial charge in [-0.05, 0) is 35.4 Å². The lowest BCUT2D eigenvalue weighted by molar-refractivity contribution is 0.284. The second-order valence-corrected chi connectivity index (χ2v) is 5.77. The molecule has 2 rings (SSSR count). The SMILES string of the molecule is COc1cc(CCl)cc(Cl)c1OCc1ccc(Cl)c(Cl)c1. The highest BCUT2D eigenvalue weighted by Gasteiger charge is 2.12. The van der Waals surface area contributed by atoms with Crippen LogP contribution in [0.2, 0.25) is 15.1 Å². The Labute approximate surface area is 143 Å². The zero-order chi connectivity index (χ0) is 15.4. The van der Waals surface area contributed by atoms with Crippen LogP contribution < -0.4 is 9.47 Å². The number of methoxy groups -OCH3 is 1. The summed E-state index contributed by atoms with van der Waals surface area (Å²) in [6, 6.07) is 8.85. The lowest BCUT2D eigenvalue weighted by Crippen LogP contribution is -1.99. The van der Waals surface area contributed by atoms with Crippen LogP contribution in [-0.2, 0) is 12.5 Å². The van der Waals surface area contributed by atoms with Crippen LogP contribution in [0.4, 0.5) is 0 Å². The molecule has 0 amide bonds. The lowest BCUT2D eigenvalue weighted by atomic mass is 10.2. The zero-order valence-corrected chi connectivity index (χ0v) is 14.2. The van der Waals surface area contributed by atoms with Crippen molar-refractivity contribution in [3.8, 4) is 11.5 Å². The van der Waals surface area contributed by atoms with E-state index in [0.29, 0.717) is 39.1 Å². The van der Waals surface area contributed by atoms with Crippen molar-refractivity contribution in [2.24, 2.45) is 0 Å². The molecular formula is C15H12Cl4O2. The van der Waals surface area contributed by atoms with Gasteiger partial charge < -0.3 is 9.47 Å². The summed E-state index contributed by atoms with van der Waals surface area (Å²) in [7, 11) is 1.55. The molecule has 21 heavy (non-hydrogen) atoms. The standard InChI is InChI=1S/C15H12Cl4O2/c1-20-14-6-10(7-16)5-13(19)15(14)21-8-9-2-3-11(17)12(18)4-9/h2-6H,7-8H2,1H3. The molecule has 2 nitrogen and oxygen atoms in total. The van der Waals surface area contributed by atoms with Crippen molar-refractivity contribution in [2.45, 2.75) is 12.5 Å². The molecule has 0 atom stereocenters. The highest BCUT2D eigenvalue weighted by Crippen LogP contribution is 2.37. The molecule has 0 aliphatic heterocycles. The minimum Gasteiger partial charge on any atom is -0.493 e. The summed E-state index contributed by atoms with van der Waals surface area (Å²) >= 11 is 23.9. The Bertz CT molecular complexity index is 644. The fraction of sp³-hybridized carbons (Fsp3) is 0.200. The van der Waals surface area contributed by atoms with E-state index in [9.17, 15) is 0 Å². The van der Waals surface area contributed by atoms with E-state index in [-0.39, 0.29) is 0 Å². The molecule has 0 aliphatic carbocycles. The third-order valence-electron chi connectivity index (χ3n) is 2.81. The third-order valence-corrected chi connectivity index (χ3v) is 4.14. The molecule has 0 heterocycles. The minimum atomic E-state index is 0.299. The number of hydrogen-bond acceptors (Lipinski definition) is 2. The summed E-state index contributed by atoms with van der Waals surface area (Å²) in [5, 5.41) is 1.43. The Hall–Kier alpha value is -0.800. The van der Waals surface area contributed by atoms with E-state index < -0.39 is 0 Å². The molecule has 0 aliphatic rings. The van der Waals surface area contributed by atoms with Gasteiger partial charge >= 0.3 is 0 Å². The number of alkyl halides is 1. The topological polar surface area (TPSA) is 18.5 Å². The van der Waals surface area contributed by atoms with Gasteiger partial charge in [-0.3, -0.25) is 0 Å². The molecule has 2 aromatic rings. The van der Waals surface area contributed by atoms with E-state index in [2.05, 4.69) is 0 Å². The lowest BCUT2D eigenvalue weighted by Gasteiger charge is -2.14. The van der Waals surface area contributed by atoms with Gasteiger partial charge in [-0.25, -0.2) is 0 Å². The van der Waals surface area contributed by atoms with Crippen molar-refractivity contribution in [3.63, 3.8) is 0 Å². The number of benzene rings is 2. The van der Waals surface area contributed by atoms with Gasteiger partial charge in [-0.2, -0.15) is 0 Å². The Morgan fingerprint density at radius 3 is 2.24 bits per heavy atom. The van der Waals surface area contributed by atoms with Crippen LogP contribution in [0.25, 0.3) is 0 Å². The van der Waals surface area contributed by atoms with E-state index in [1.54, 1.807) is 31.4 Å². The predicted molar refractivity (Wildman–Crippen MR) is 88.4 cm³/mol. The highest BCUT2D eigenvalue weighted by molar-refractivity contribution is 6.42. The molecule has 112 valence electrons. The quantitative estimate of drug-likeness (QED) is 0.607. The van der Waals surface area contributed by atoms with Crippen LogP contribution in [0.3, 0.4) is 0 Å². The number of hydrogen-bond donors (Lipinski definition) is 0.